The Bertz CT molecular complexity index is 238. The molecule has 1 aromatic heterocycles. The number of rotatable bonds is 0. The van der Waals surface area contributed by atoms with E-state index in [1.807, 2.05) is 11.7 Å². The first kappa shape index (κ1) is 5.92. The summed E-state index contributed by atoms with van der Waals surface area (Å²) in [5, 5.41) is 7.60. The highest BCUT2D eigenvalue weighted by Crippen LogP contribution is 2.17. The van der Waals surface area contributed by atoms with E-state index in [0.717, 1.165) is 13.1 Å². The van der Waals surface area contributed by atoms with Crippen molar-refractivity contribution in [1.82, 2.24) is 15.1 Å². The van der Waals surface area contributed by atoms with Crippen molar-refractivity contribution in [2.24, 2.45) is 7.05 Å². The molecule has 0 saturated carbocycles. The van der Waals surface area contributed by atoms with Gasteiger partial charge in [-0.1, -0.05) is 0 Å². The Morgan fingerprint density at radius 1 is 1.50 bits per heavy atom. The Kier molecular flexibility index (Phi) is 1.08. The lowest BCUT2D eigenvalue weighted by Gasteiger charge is -1.93. The van der Waals surface area contributed by atoms with Crippen LogP contribution in [0.2, 0.25) is 0 Å². The Morgan fingerprint density at radius 3 is 3.00 bits per heavy atom. The first-order valence-electron chi connectivity index (χ1n) is 3.51. The van der Waals surface area contributed by atoms with Gasteiger partial charge in [-0.3, -0.25) is 4.68 Å². The van der Waals surface area contributed by atoms with Gasteiger partial charge in [0.25, 0.3) is 0 Å². The van der Waals surface area contributed by atoms with Gasteiger partial charge in [-0.2, -0.15) is 5.10 Å². The van der Waals surface area contributed by atoms with Gasteiger partial charge >= 0.3 is 0 Å². The first-order valence-corrected chi connectivity index (χ1v) is 3.51. The summed E-state index contributed by atoms with van der Waals surface area (Å²) in [6.45, 7) is 4.04. The maximum atomic E-state index is 4.31. The van der Waals surface area contributed by atoms with Gasteiger partial charge < -0.3 is 5.32 Å². The van der Waals surface area contributed by atoms with E-state index in [9.17, 15) is 0 Å². The second-order valence-corrected chi connectivity index (χ2v) is 2.74. The number of nitrogens with zero attached hydrogens (tertiary/aromatic N) is 2. The molecule has 1 aliphatic rings. The average molecular weight is 137 g/mol. The third-order valence-electron chi connectivity index (χ3n) is 2.07. The van der Waals surface area contributed by atoms with Crippen LogP contribution in [-0.4, -0.2) is 9.78 Å². The van der Waals surface area contributed by atoms with Crippen LogP contribution < -0.4 is 5.32 Å². The van der Waals surface area contributed by atoms with Crippen molar-refractivity contribution in [2.75, 3.05) is 0 Å². The van der Waals surface area contributed by atoms with Crippen molar-refractivity contribution in [3.8, 4) is 0 Å². The number of nitrogens with one attached hydrogen (secondary N) is 1. The third kappa shape index (κ3) is 0.609. The molecule has 3 nitrogen and oxygen atoms in total. The van der Waals surface area contributed by atoms with Crippen LogP contribution in [-0.2, 0) is 20.1 Å². The third-order valence-corrected chi connectivity index (χ3v) is 2.07. The topological polar surface area (TPSA) is 29.9 Å². The Balaban J connectivity index is 2.61. The van der Waals surface area contributed by atoms with Crippen LogP contribution in [0.15, 0.2) is 0 Å². The van der Waals surface area contributed by atoms with Crippen LogP contribution in [0.5, 0.6) is 0 Å². The summed E-state index contributed by atoms with van der Waals surface area (Å²) >= 11 is 0. The molecule has 1 N–H and O–H groups in total. The molecule has 0 fully saturated rings. The maximum absolute atomic E-state index is 4.31. The van der Waals surface area contributed by atoms with Crippen LogP contribution in [0.25, 0.3) is 0 Å². The molecule has 0 saturated heterocycles. The fourth-order valence-electron chi connectivity index (χ4n) is 1.51. The van der Waals surface area contributed by atoms with Gasteiger partial charge in [-0.25, -0.2) is 0 Å². The maximum Gasteiger partial charge on any atom is 0.0641 e. The highest BCUT2D eigenvalue weighted by molar-refractivity contribution is 5.28. The Labute approximate surface area is 60.0 Å². The van der Waals surface area contributed by atoms with Gasteiger partial charge in [-0.05, 0) is 6.92 Å². The van der Waals surface area contributed by atoms with Crippen LogP contribution >= 0.6 is 0 Å². The molecule has 0 atom stereocenters. The lowest BCUT2D eigenvalue weighted by atomic mass is 10.2. The summed E-state index contributed by atoms with van der Waals surface area (Å²) in [4.78, 5) is 0. The van der Waals surface area contributed by atoms with Gasteiger partial charge in [0, 0.05) is 25.7 Å². The lowest BCUT2D eigenvalue weighted by molar-refractivity contribution is 0.662. The molecule has 0 spiro atoms. The van der Waals surface area contributed by atoms with Gasteiger partial charge in [0.1, 0.15) is 0 Å². The first-order chi connectivity index (χ1) is 4.79. The molecule has 0 unspecified atom stereocenters. The zero-order valence-corrected chi connectivity index (χ0v) is 6.31. The Hall–Kier alpha value is -0.830. The molecule has 54 valence electrons. The predicted molar refractivity (Wildman–Crippen MR) is 38.5 cm³/mol. The average Bonchev–Trinajstić information content (AvgIpc) is 2.39. The van der Waals surface area contributed by atoms with E-state index >= 15 is 0 Å². The second kappa shape index (κ2) is 1.83. The molecule has 2 heterocycles. The van der Waals surface area contributed by atoms with Gasteiger partial charge in [0.2, 0.25) is 0 Å². The van der Waals surface area contributed by atoms with E-state index in [0.29, 0.717) is 0 Å². The predicted octanol–water partition coefficient (Wildman–Crippen LogP) is 0.332. The Morgan fingerprint density at radius 2 is 2.30 bits per heavy atom. The highest BCUT2D eigenvalue weighted by atomic mass is 15.3. The van der Waals surface area contributed by atoms with Crippen LogP contribution in [0, 0.1) is 6.92 Å². The molecule has 1 aliphatic heterocycles. The van der Waals surface area contributed by atoms with Crippen molar-refractivity contribution in [3.05, 3.63) is 17.0 Å². The molecule has 0 aliphatic carbocycles. The fraction of sp³-hybridized carbons (Fsp3) is 0.571. The van der Waals surface area contributed by atoms with E-state index in [1.54, 1.807) is 0 Å². The summed E-state index contributed by atoms with van der Waals surface area (Å²) in [5.74, 6) is 0. The molecular weight excluding hydrogens is 126 g/mol. The van der Waals surface area contributed by atoms with Crippen molar-refractivity contribution in [3.63, 3.8) is 0 Å². The SMILES string of the molecule is Cc1nn(C)c2c1CNC2. The minimum absolute atomic E-state index is 0.979. The second-order valence-electron chi connectivity index (χ2n) is 2.74. The fourth-order valence-corrected chi connectivity index (χ4v) is 1.51. The molecule has 0 radical (unpaired) electrons. The monoisotopic (exact) mass is 137 g/mol. The van der Waals surface area contributed by atoms with E-state index in [-0.39, 0.29) is 0 Å². The zero-order chi connectivity index (χ0) is 7.14. The molecule has 3 heteroatoms. The minimum atomic E-state index is 0.979. The van der Waals surface area contributed by atoms with Crippen LogP contribution in [0.3, 0.4) is 0 Å². The largest absolute Gasteiger partial charge is 0.307 e. The smallest absolute Gasteiger partial charge is 0.0641 e. The zero-order valence-electron chi connectivity index (χ0n) is 6.31. The normalized spacial score (nSPS) is 15.8. The van der Waals surface area contributed by atoms with E-state index in [2.05, 4.69) is 17.3 Å². The minimum Gasteiger partial charge on any atom is -0.307 e. The highest BCUT2D eigenvalue weighted by Gasteiger charge is 2.16. The van der Waals surface area contributed by atoms with Gasteiger partial charge in [-0.15, -0.1) is 0 Å². The number of aryl methyl sites for hydroxylation is 2. The molecule has 0 bridgehead atoms. The van der Waals surface area contributed by atoms with Crippen molar-refractivity contribution >= 4 is 0 Å². The van der Waals surface area contributed by atoms with E-state index < -0.39 is 0 Å². The van der Waals surface area contributed by atoms with Crippen molar-refractivity contribution in [1.29, 1.82) is 0 Å². The lowest BCUT2D eigenvalue weighted by Crippen LogP contribution is -2.06. The van der Waals surface area contributed by atoms with E-state index in [4.69, 9.17) is 0 Å². The van der Waals surface area contributed by atoms with Crippen molar-refractivity contribution < 1.29 is 0 Å². The molecule has 10 heavy (non-hydrogen) atoms. The summed E-state index contributed by atoms with van der Waals surface area (Å²) in [7, 11) is 2.00. The summed E-state index contributed by atoms with van der Waals surface area (Å²) < 4.78 is 1.96. The summed E-state index contributed by atoms with van der Waals surface area (Å²) in [6.07, 6.45) is 0. The van der Waals surface area contributed by atoms with Gasteiger partial charge in [0.05, 0.1) is 11.4 Å². The van der Waals surface area contributed by atoms with Crippen LogP contribution in [0.4, 0.5) is 0 Å². The number of hydrogen-bond acceptors (Lipinski definition) is 2. The van der Waals surface area contributed by atoms with Crippen molar-refractivity contribution in [2.45, 2.75) is 20.0 Å². The molecule has 0 aromatic carbocycles. The standard InChI is InChI=1S/C7H11N3/c1-5-6-3-8-4-7(6)10(2)9-5/h8H,3-4H2,1-2H3. The molecule has 2 rings (SSSR count). The number of hydrogen-bond donors (Lipinski definition) is 1. The van der Waals surface area contributed by atoms with Gasteiger partial charge in [0.15, 0.2) is 0 Å². The van der Waals surface area contributed by atoms with E-state index in [1.165, 1.54) is 17.0 Å². The van der Waals surface area contributed by atoms with Crippen LogP contribution in [0.1, 0.15) is 17.0 Å². The number of aromatic nitrogens is 2. The number of fused-ring (bicyclic) bond motifs is 1. The quantitative estimate of drug-likeness (QED) is 0.558. The molecule has 0 amide bonds. The summed E-state index contributed by atoms with van der Waals surface area (Å²) in [5.41, 5.74) is 3.91. The molecule has 1 aromatic rings. The summed E-state index contributed by atoms with van der Waals surface area (Å²) in [6, 6.07) is 0. The molecular formula is C7H11N3.